The molecule has 2 N–H and O–H groups in total. The van der Waals surface area contributed by atoms with E-state index < -0.39 is 0 Å². The first-order chi connectivity index (χ1) is 12.7. The van der Waals surface area contributed by atoms with Gasteiger partial charge in [-0.15, -0.1) is 16.4 Å². The molecule has 2 aliphatic rings. The van der Waals surface area contributed by atoms with Gasteiger partial charge in [0.1, 0.15) is 0 Å². The summed E-state index contributed by atoms with van der Waals surface area (Å²) in [6.45, 7) is 3.89. The van der Waals surface area contributed by atoms with E-state index in [0.717, 1.165) is 44.5 Å². The molecule has 26 heavy (non-hydrogen) atoms. The predicted octanol–water partition coefficient (Wildman–Crippen LogP) is 2.88. The molecular weight excluding hydrogens is 348 g/mol. The number of carbonyl (C=O) groups excluding carboxylic acids is 1. The van der Waals surface area contributed by atoms with Crippen molar-refractivity contribution in [1.29, 1.82) is 0 Å². The van der Waals surface area contributed by atoms with Gasteiger partial charge in [0.25, 0.3) is 5.91 Å². The molecule has 4 rings (SSSR count). The van der Waals surface area contributed by atoms with Gasteiger partial charge in [-0.2, -0.15) is 0 Å². The minimum atomic E-state index is -0.204. The second kappa shape index (κ2) is 7.84. The Bertz CT molecular complexity index is 751. The molecule has 8 heteroatoms. The van der Waals surface area contributed by atoms with Crippen LogP contribution in [-0.2, 0) is 12.8 Å². The van der Waals surface area contributed by atoms with Crippen molar-refractivity contribution in [2.24, 2.45) is 0 Å². The van der Waals surface area contributed by atoms with E-state index in [4.69, 9.17) is 0 Å². The second-order valence-corrected chi connectivity index (χ2v) is 8.29. The Balaban J connectivity index is 1.48. The van der Waals surface area contributed by atoms with Crippen LogP contribution in [0.1, 0.15) is 71.3 Å². The van der Waals surface area contributed by atoms with Crippen molar-refractivity contribution in [3.05, 3.63) is 22.0 Å². The predicted molar refractivity (Wildman–Crippen MR) is 102 cm³/mol. The van der Waals surface area contributed by atoms with Crippen molar-refractivity contribution in [3.63, 3.8) is 0 Å². The summed E-state index contributed by atoms with van der Waals surface area (Å²) in [7, 11) is 0. The standard InChI is InChI=1S/C18H26N6OS/c1-12-16(22-23-24(12)13-8-10-19-11-9-13)17(25)21-18-20-14-6-4-2-3-5-7-15(14)26-18/h13,19H,2-11H2,1H3,(H,20,21,25). The second-order valence-electron chi connectivity index (χ2n) is 7.21. The SMILES string of the molecule is Cc1c(C(=O)Nc2nc3c(s2)CCCCCC3)nnn1C1CCNCC1. The Kier molecular flexibility index (Phi) is 5.31. The average Bonchev–Trinajstić information content (AvgIpc) is 3.19. The monoisotopic (exact) mass is 374 g/mol. The topological polar surface area (TPSA) is 84.7 Å². The van der Waals surface area contributed by atoms with Crippen molar-refractivity contribution < 1.29 is 4.79 Å². The van der Waals surface area contributed by atoms with Gasteiger partial charge in [0, 0.05) is 4.88 Å². The van der Waals surface area contributed by atoms with Crippen molar-refractivity contribution in [1.82, 2.24) is 25.3 Å². The number of thiazole rings is 1. The summed E-state index contributed by atoms with van der Waals surface area (Å²) in [4.78, 5) is 18.7. The van der Waals surface area contributed by atoms with Crippen LogP contribution in [0.4, 0.5) is 5.13 Å². The molecule has 0 radical (unpaired) electrons. The van der Waals surface area contributed by atoms with Crippen LogP contribution in [-0.4, -0.2) is 39.0 Å². The van der Waals surface area contributed by atoms with Gasteiger partial charge in [-0.05, 0) is 58.5 Å². The Morgan fingerprint density at radius 2 is 1.96 bits per heavy atom. The van der Waals surface area contributed by atoms with Gasteiger partial charge < -0.3 is 5.32 Å². The van der Waals surface area contributed by atoms with E-state index in [1.165, 1.54) is 36.3 Å². The maximum Gasteiger partial charge on any atom is 0.279 e. The summed E-state index contributed by atoms with van der Waals surface area (Å²) in [5.41, 5.74) is 2.41. The van der Waals surface area contributed by atoms with Crippen LogP contribution in [0.2, 0.25) is 0 Å². The first-order valence-corrected chi connectivity index (χ1v) is 10.5. The molecule has 140 valence electrons. The number of aromatic nitrogens is 4. The van der Waals surface area contributed by atoms with Gasteiger partial charge in [-0.25, -0.2) is 9.67 Å². The lowest BCUT2D eigenvalue weighted by atomic mass is 10.0. The van der Waals surface area contributed by atoms with Gasteiger partial charge in [0.05, 0.1) is 17.4 Å². The highest BCUT2D eigenvalue weighted by Gasteiger charge is 2.24. The molecule has 2 aromatic heterocycles. The van der Waals surface area contributed by atoms with E-state index >= 15 is 0 Å². The van der Waals surface area contributed by atoms with Gasteiger partial charge in [-0.3, -0.25) is 10.1 Å². The Morgan fingerprint density at radius 1 is 1.19 bits per heavy atom. The number of nitrogens with one attached hydrogen (secondary N) is 2. The molecule has 0 unspecified atom stereocenters. The van der Waals surface area contributed by atoms with Crippen LogP contribution in [0.3, 0.4) is 0 Å². The number of aryl methyl sites for hydroxylation is 2. The number of anilines is 1. The molecule has 2 aromatic rings. The Hall–Kier alpha value is -1.80. The van der Waals surface area contributed by atoms with E-state index in [9.17, 15) is 4.79 Å². The lowest BCUT2D eigenvalue weighted by Crippen LogP contribution is -2.30. The lowest BCUT2D eigenvalue weighted by molar-refractivity contribution is 0.102. The molecule has 0 bridgehead atoms. The molecule has 0 aromatic carbocycles. The van der Waals surface area contributed by atoms with E-state index in [-0.39, 0.29) is 5.91 Å². The van der Waals surface area contributed by atoms with Crippen LogP contribution >= 0.6 is 11.3 Å². The maximum atomic E-state index is 12.7. The summed E-state index contributed by atoms with van der Waals surface area (Å²) < 4.78 is 1.91. The number of hydrogen-bond acceptors (Lipinski definition) is 6. The molecule has 0 saturated carbocycles. The third-order valence-corrected chi connectivity index (χ3v) is 6.44. The fourth-order valence-electron chi connectivity index (χ4n) is 3.86. The van der Waals surface area contributed by atoms with Crippen LogP contribution in [0.5, 0.6) is 0 Å². The van der Waals surface area contributed by atoms with Crippen molar-refractivity contribution in [2.75, 3.05) is 18.4 Å². The summed E-state index contributed by atoms with van der Waals surface area (Å²) in [5, 5.41) is 15.4. The highest BCUT2D eigenvalue weighted by atomic mass is 32.1. The van der Waals surface area contributed by atoms with Gasteiger partial charge >= 0.3 is 0 Å². The number of piperidine rings is 1. The Labute approximate surface area is 157 Å². The van der Waals surface area contributed by atoms with Gasteiger partial charge in [0.15, 0.2) is 10.8 Å². The minimum absolute atomic E-state index is 0.204. The normalized spacial score (nSPS) is 18.8. The summed E-state index contributed by atoms with van der Waals surface area (Å²) >= 11 is 1.62. The highest BCUT2D eigenvalue weighted by Crippen LogP contribution is 2.29. The molecule has 0 atom stereocenters. The van der Waals surface area contributed by atoms with E-state index in [1.54, 1.807) is 11.3 Å². The van der Waals surface area contributed by atoms with Crippen LogP contribution in [0.15, 0.2) is 0 Å². The van der Waals surface area contributed by atoms with Crippen molar-refractivity contribution >= 4 is 22.4 Å². The number of hydrogen-bond donors (Lipinski definition) is 2. The number of fused-ring (bicyclic) bond motifs is 1. The number of nitrogens with zero attached hydrogens (tertiary/aromatic N) is 4. The van der Waals surface area contributed by atoms with Crippen LogP contribution < -0.4 is 10.6 Å². The van der Waals surface area contributed by atoms with Gasteiger partial charge in [-0.1, -0.05) is 18.1 Å². The lowest BCUT2D eigenvalue weighted by Gasteiger charge is -2.23. The fourth-order valence-corrected chi connectivity index (χ4v) is 4.91. The molecule has 1 fully saturated rings. The molecule has 1 aliphatic carbocycles. The largest absolute Gasteiger partial charge is 0.317 e. The van der Waals surface area contributed by atoms with E-state index in [0.29, 0.717) is 16.9 Å². The molecule has 1 aliphatic heterocycles. The first-order valence-electron chi connectivity index (χ1n) is 9.65. The minimum Gasteiger partial charge on any atom is -0.317 e. The maximum absolute atomic E-state index is 12.7. The van der Waals surface area contributed by atoms with Crippen molar-refractivity contribution in [3.8, 4) is 0 Å². The number of rotatable bonds is 3. The molecule has 1 saturated heterocycles. The molecule has 7 nitrogen and oxygen atoms in total. The smallest absolute Gasteiger partial charge is 0.279 e. The quantitative estimate of drug-likeness (QED) is 0.863. The summed E-state index contributed by atoms with van der Waals surface area (Å²) in [5.74, 6) is -0.204. The van der Waals surface area contributed by atoms with Gasteiger partial charge in [0.2, 0.25) is 0 Å². The molecule has 3 heterocycles. The van der Waals surface area contributed by atoms with Crippen LogP contribution in [0, 0.1) is 6.92 Å². The van der Waals surface area contributed by atoms with Crippen LogP contribution in [0.25, 0.3) is 0 Å². The fraction of sp³-hybridized carbons (Fsp3) is 0.667. The zero-order valence-corrected chi connectivity index (χ0v) is 16.1. The summed E-state index contributed by atoms with van der Waals surface area (Å²) in [6.07, 6.45) is 9.10. The highest BCUT2D eigenvalue weighted by molar-refractivity contribution is 7.15. The third-order valence-electron chi connectivity index (χ3n) is 5.36. The number of carbonyl (C=O) groups is 1. The summed E-state index contributed by atoms with van der Waals surface area (Å²) in [6, 6.07) is 0.324. The number of amides is 1. The Morgan fingerprint density at radius 3 is 2.77 bits per heavy atom. The van der Waals surface area contributed by atoms with Crippen molar-refractivity contribution in [2.45, 2.75) is 64.3 Å². The van der Waals surface area contributed by atoms with E-state index in [2.05, 4.69) is 25.9 Å². The molecule has 1 amide bonds. The average molecular weight is 375 g/mol. The third kappa shape index (κ3) is 3.66. The molecular formula is C18H26N6OS. The first kappa shape index (κ1) is 17.6. The zero-order valence-electron chi connectivity index (χ0n) is 15.3. The van der Waals surface area contributed by atoms with E-state index in [1.807, 2.05) is 11.6 Å². The molecule has 0 spiro atoms. The zero-order chi connectivity index (χ0) is 17.9.